The van der Waals surface area contributed by atoms with Gasteiger partial charge in [-0.05, 0) is 50.6 Å². The number of hydrogen-bond acceptors (Lipinski definition) is 9. The molecule has 3 rings (SSSR count). The predicted octanol–water partition coefficient (Wildman–Crippen LogP) is 4.33. The van der Waals surface area contributed by atoms with Crippen molar-refractivity contribution < 1.29 is 23.5 Å². The molecule has 0 atom stereocenters. The predicted molar refractivity (Wildman–Crippen MR) is 115 cm³/mol. The van der Waals surface area contributed by atoms with Crippen LogP contribution in [0.4, 0.5) is 5.00 Å². The van der Waals surface area contributed by atoms with E-state index in [1.807, 2.05) is 26.0 Å². The van der Waals surface area contributed by atoms with Crippen molar-refractivity contribution in [3.63, 3.8) is 0 Å². The van der Waals surface area contributed by atoms with Crippen LogP contribution in [-0.4, -0.2) is 41.5 Å². The molecule has 0 fully saturated rings. The molecule has 0 radical (unpaired) electrons. The van der Waals surface area contributed by atoms with Crippen molar-refractivity contribution >= 4 is 40.0 Å². The van der Waals surface area contributed by atoms with E-state index in [9.17, 15) is 9.59 Å². The zero-order valence-corrected chi connectivity index (χ0v) is 18.6. The largest absolute Gasteiger partial charge is 0.497 e. The molecule has 0 aliphatic rings. The Labute approximate surface area is 182 Å². The monoisotopic (exact) mass is 447 g/mol. The molecule has 1 aromatic carbocycles. The van der Waals surface area contributed by atoms with Gasteiger partial charge in [0.2, 0.25) is 11.8 Å². The van der Waals surface area contributed by atoms with E-state index >= 15 is 0 Å². The molecule has 2 heterocycles. The molecule has 0 saturated heterocycles. The molecule has 8 nitrogen and oxygen atoms in total. The lowest BCUT2D eigenvalue weighted by Crippen LogP contribution is -2.16. The first-order valence-electron chi connectivity index (χ1n) is 9.10. The van der Waals surface area contributed by atoms with Crippen molar-refractivity contribution in [3.8, 4) is 17.2 Å². The molecule has 0 aliphatic heterocycles. The van der Waals surface area contributed by atoms with Gasteiger partial charge in [-0.2, -0.15) is 0 Å². The average Bonchev–Trinajstić information content (AvgIpc) is 3.31. The van der Waals surface area contributed by atoms with E-state index in [1.54, 1.807) is 26.2 Å². The Morgan fingerprint density at radius 3 is 2.60 bits per heavy atom. The van der Waals surface area contributed by atoms with Crippen molar-refractivity contribution in [2.24, 2.45) is 0 Å². The first-order valence-corrected chi connectivity index (χ1v) is 10.9. The van der Waals surface area contributed by atoms with Crippen molar-refractivity contribution in [3.05, 3.63) is 40.3 Å². The Bertz CT molecular complexity index is 1040. The SMILES string of the molecule is CCOC(=O)c1c(NC(=O)CSc2nnc(-c3ccc(OC)cc3)o2)sc(C)c1C. The number of nitrogens with zero attached hydrogens (tertiary/aromatic N) is 2. The van der Waals surface area contributed by atoms with Gasteiger partial charge < -0.3 is 19.2 Å². The highest BCUT2D eigenvalue weighted by Gasteiger charge is 2.22. The van der Waals surface area contributed by atoms with E-state index in [0.29, 0.717) is 16.5 Å². The topological polar surface area (TPSA) is 104 Å². The molecule has 1 N–H and O–H groups in total. The molecule has 0 aliphatic carbocycles. The summed E-state index contributed by atoms with van der Waals surface area (Å²) in [6.07, 6.45) is 0. The second-order valence-electron chi connectivity index (χ2n) is 6.15. The van der Waals surface area contributed by atoms with Crippen LogP contribution in [0.5, 0.6) is 5.75 Å². The number of rotatable bonds is 8. The maximum absolute atomic E-state index is 12.4. The summed E-state index contributed by atoms with van der Waals surface area (Å²) in [4.78, 5) is 25.6. The summed E-state index contributed by atoms with van der Waals surface area (Å²) < 4.78 is 15.8. The Balaban J connectivity index is 1.62. The molecule has 10 heteroatoms. The van der Waals surface area contributed by atoms with Crippen LogP contribution in [0.1, 0.15) is 27.7 Å². The fourth-order valence-electron chi connectivity index (χ4n) is 2.57. The number of nitrogens with one attached hydrogen (secondary N) is 1. The molecular formula is C20H21N3O5S2. The number of anilines is 1. The summed E-state index contributed by atoms with van der Waals surface area (Å²) >= 11 is 2.46. The van der Waals surface area contributed by atoms with Crippen LogP contribution < -0.4 is 10.1 Å². The number of methoxy groups -OCH3 is 1. The highest BCUT2D eigenvalue weighted by molar-refractivity contribution is 7.99. The highest BCUT2D eigenvalue weighted by atomic mass is 32.2. The van der Waals surface area contributed by atoms with Crippen LogP contribution in [0.2, 0.25) is 0 Å². The average molecular weight is 448 g/mol. The molecule has 3 aromatic rings. The van der Waals surface area contributed by atoms with Gasteiger partial charge >= 0.3 is 5.97 Å². The lowest BCUT2D eigenvalue weighted by molar-refractivity contribution is -0.113. The fourth-order valence-corrected chi connectivity index (χ4v) is 4.20. The Kier molecular flexibility index (Phi) is 7.11. The van der Waals surface area contributed by atoms with Gasteiger partial charge in [0.1, 0.15) is 10.8 Å². The number of thioether (sulfide) groups is 1. The Morgan fingerprint density at radius 2 is 1.93 bits per heavy atom. The number of amides is 1. The summed E-state index contributed by atoms with van der Waals surface area (Å²) in [5.41, 5.74) is 1.96. The van der Waals surface area contributed by atoms with Crippen molar-refractivity contribution in [1.29, 1.82) is 0 Å². The van der Waals surface area contributed by atoms with Crippen LogP contribution in [0.25, 0.3) is 11.5 Å². The van der Waals surface area contributed by atoms with Gasteiger partial charge in [-0.25, -0.2) is 4.79 Å². The number of ether oxygens (including phenoxy) is 2. The summed E-state index contributed by atoms with van der Waals surface area (Å²) in [5.74, 6) is 0.419. The molecule has 2 aromatic heterocycles. The molecule has 0 spiro atoms. The Hall–Kier alpha value is -2.85. The summed E-state index contributed by atoms with van der Waals surface area (Å²) in [7, 11) is 1.59. The third-order valence-electron chi connectivity index (χ3n) is 4.19. The lowest BCUT2D eigenvalue weighted by Gasteiger charge is -2.06. The molecule has 158 valence electrons. The van der Waals surface area contributed by atoms with Gasteiger partial charge in [0.25, 0.3) is 5.22 Å². The van der Waals surface area contributed by atoms with E-state index in [4.69, 9.17) is 13.9 Å². The van der Waals surface area contributed by atoms with E-state index in [0.717, 1.165) is 33.5 Å². The third-order valence-corrected chi connectivity index (χ3v) is 6.13. The van der Waals surface area contributed by atoms with Gasteiger partial charge in [0, 0.05) is 10.4 Å². The third kappa shape index (κ3) is 5.00. The van der Waals surface area contributed by atoms with E-state index in [1.165, 1.54) is 11.3 Å². The van der Waals surface area contributed by atoms with E-state index < -0.39 is 5.97 Å². The lowest BCUT2D eigenvalue weighted by atomic mass is 10.1. The second-order valence-corrected chi connectivity index (χ2v) is 8.30. The minimum absolute atomic E-state index is 0.0580. The van der Waals surface area contributed by atoms with Crippen molar-refractivity contribution in [1.82, 2.24) is 10.2 Å². The zero-order chi connectivity index (χ0) is 21.7. The number of benzene rings is 1. The Morgan fingerprint density at radius 1 is 1.20 bits per heavy atom. The molecule has 0 saturated carbocycles. The number of aryl methyl sites for hydroxylation is 1. The minimum atomic E-state index is -0.441. The molecule has 1 amide bonds. The highest BCUT2D eigenvalue weighted by Crippen LogP contribution is 2.33. The van der Waals surface area contributed by atoms with Gasteiger partial charge in [0.15, 0.2) is 0 Å². The first-order chi connectivity index (χ1) is 14.4. The van der Waals surface area contributed by atoms with E-state index in [2.05, 4.69) is 15.5 Å². The number of esters is 1. The minimum Gasteiger partial charge on any atom is -0.497 e. The molecule has 0 bridgehead atoms. The summed E-state index contributed by atoms with van der Waals surface area (Å²) in [5, 5.41) is 11.5. The normalized spacial score (nSPS) is 10.7. The first kappa shape index (κ1) is 21.8. The van der Waals surface area contributed by atoms with Gasteiger partial charge in [-0.15, -0.1) is 21.5 Å². The van der Waals surface area contributed by atoms with Crippen LogP contribution in [0, 0.1) is 13.8 Å². The van der Waals surface area contributed by atoms with Crippen LogP contribution in [-0.2, 0) is 9.53 Å². The van der Waals surface area contributed by atoms with Crippen LogP contribution in [0.15, 0.2) is 33.9 Å². The molecular weight excluding hydrogens is 426 g/mol. The van der Waals surface area contributed by atoms with E-state index in [-0.39, 0.29) is 23.5 Å². The zero-order valence-electron chi connectivity index (χ0n) is 17.0. The fraction of sp³-hybridized carbons (Fsp3) is 0.300. The maximum Gasteiger partial charge on any atom is 0.341 e. The quantitative estimate of drug-likeness (QED) is 0.402. The van der Waals surface area contributed by atoms with Crippen molar-refractivity contribution in [2.45, 2.75) is 26.0 Å². The van der Waals surface area contributed by atoms with Gasteiger partial charge in [-0.3, -0.25) is 4.79 Å². The smallest absolute Gasteiger partial charge is 0.341 e. The van der Waals surface area contributed by atoms with Gasteiger partial charge in [-0.1, -0.05) is 11.8 Å². The summed E-state index contributed by atoms with van der Waals surface area (Å²) in [6, 6.07) is 7.22. The number of carbonyl (C=O) groups excluding carboxylic acids is 2. The van der Waals surface area contributed by atoms with Crippen LogP contribution >= 0.6 is 23.1 Å². The van der Waals surface area contributed by atoms with Gasteiger partial charge in [0.05, 0.1) is 25.0 Å². The van der Waals surface area contributed by atoms with Crippen molar-refractivity contribution in [2.75, 3.05) is 24.8 Å². The number of carbonyl (C=O) groups is 2. The molecule has 0 unspecified atom stereocenters. The van der Waals surface area contributed by atoms with Crippen LogP contribution in [0.3, 0.4) is 0 Å². The standard InChI is InChI=1S/C20H21N3O5S2/c1-5-27-19(25)16-11(2)12(3)30-18(16)21-15(24)10-29-20-23-22-17(28-20)13-6-8-14(26-4)9-7-13/h6-9H,5,10H2,1-4H3,(H,21,24). The second kappa shape index (κ2) is 9.77. The number of aromatic nitrogens is 2. The number of thiophene rings is 1. The summed E-state index contributed by atoms with van der Waals surface area (Å²) in [6.45, 7) is 5.74. The maximum atomic E-state index is 12.4. The molecule has 30 heavy (non-hydrogen) atoms. The number of hydrogen-bond donors (Lipinski definition) is 1.